The Morgan fingerprint density at radius 2 is 1.88 bits per heavy atom. The van der Waals surface area contributed by atoms with Crippen LogP contribution in [0.4, 0.5) is 4.39 Å². The van der Waals surface area contributed by atoms with Gasteiger partial charge in [0, 0.05) is 30.8 Å². The van der Waals surface area contributed by atoms with Gasteiger partial charge in [-0.2, -0.15) is 0 Å². The Labute approximate surface area is 147 Å². The number of hydrogen-bond donors (Lipinski definition) is 2. The summed E-state index contributed by atoms with van der Waals surface area (Å²) in [5.74, 6) is -0.641. The first-order valence-corrected chi connectivity index (χ1v) is 8.66. The molecular weight excluding hydrogens is 327 g/mol. The van der Waals surface area contributed by atoms with Crippen LogP contribution in [0.15, 0.2) is 42.5 Å². The standard InChI is InChI=1S/C19H22ClFN2O/c20-17-10-15(18(21)11-19(17)24)12-22-16-6-8-23(9-7-16)13-14-4-2-1-3-5-14/h1-5,10-11,16,22,24H,6-9,12-13H2. The molecule has 0 unspecified atom stereocenters. The average molecular weight is 349 g/mol. The van der Waals surface area contributed by atoms with E-state index in [1.807, 2.05) is 6.07 Å². The molecule has 1 fully saturated rings. The molecule has 0 saturated carbocycles. The number of phenolic OH excluding ortho intramolecular Hbond substituents is 1. The number of halogens is 2. The fourth-order valence-electron chi connectivity index (χ4n) is 3.10. The second kappa shape index (κ2) is 7.97. The molecule has 0 amide bonds. The molecule has 2 aromatic carbocycles. The fourth-order valence-corrected chi connectivity index (χ4v) is 3.29. The molecule has 1 heterocycles. The molecule has 0 radical (unpaired) electrons. The van der Waals surface area contributed by atoms with Gasteiger partial charge in [-0.1, -0.05) is 41.9 Å². The Balaban J connectivity index is 1.47. The maximum Gasteiger partial charge on any atom is 0.137 e. The quantitative estimate of drug-likeness (QED) is 0.859. The van der Waals surface area contributed by atoms with Crippen LogP contribution in [-0.2, 0) is 13.1 Å². The second-order valence-corrected chi connectivity index (χ2v) is 6.72. The molecule has 3 rings (SSSR count). The van der Waals surface area contributed by atoms with Crippen LogP contribution in [0.3, 0.4) is 0 Å². The molecule has 5 heteroatoms. The van der Waals surface area contributed by atoms with E-state index >= 15 is 0 Å². The van der Waals surface area contributed by atoms with Crippen LogP contribution < -0.4 is 5.32 Å². The average Bonchev–Trinajstić information content (AvgIpc) is 2.59. The predicted octanol–water partition coefficient (Wildman–Crippen LogP) is 3.94. The molecule has 2 aromatic rings. The third kappa shape index (κ3) is 4.47. The third-order valence-electron chi connectivity index (χ3n) is 4.53. The highest BCUT2D eigenvalue weighted by Crippen LogP contribution is 2.26. The van der Waals surface area contributed by atoms with Crippen molar-refractivity contribution in [3.05, 3.63) is 64.4 Å². The van der Waals surface area contributed by atoms with E-state index in [1.165, 1.54) is 11.6 Å². The van der Waals surface area contributed by atoms with Crippen LogP contribution in [0, 0.1) is 5.82 Å². The van der Waals surface area contributed by atoms with Crippen molar-refractivity contribution in [3.63, 3.8) is 0 Å². The van der Waals surface area contributed by atoms with Crippen LogP contribution in [-0.4, -0.2) is 29.1 Å². The largest absolute Gasteiger partial charge is 0.506 e. The molecule has 24 heavy (non-hydrogen) atoms. The molecule has 1 aliphatic heterocycles. The molecule has 1 aliphatic rings. The lowest BCUT2D eigenvalue weighted by molar-refractivity contribution is 0.190. The summed E-state index contributed by atoms with van der Waals surface area (Å²) in [7, 11) is 0. The van der Waals surface area contributed by atoms with Crippen molar-refractivity contribution in [3.8, 4) is 5.75 Å². The molecule has 0 aliphatic carbocycles. The van der Waals surface area contributed by atoms with Gasteiger partial charge in [0.1, 0.15) is 11.6 Å². The minimum atomic E-state index is -0.425. The van der Waals surface area contributed by atoms with Crippen molar-refractivity contribution in [1.29, 1.82) is 0 Å². The van der Waals surface area contributed by atoms with Crippen LogP contribution in [0.25, 0.3) is 0 Å². The van der Waals surface area contributed by atoms with Gasteiger partial charge in [0.2, 0.25) is 0 Å². The summed E-state index contributed by atoms with van der Waals surface area (Å²) in [6.07, 6.45) is 2.08. The fraction of sp³-hybridized carbons (Fsp3) is 0.368. The molecule has 0 bridgehead atoms. The summed E-state index contributed by atoms with van der Waals surface area (Å²) < 4.78 is 13.8. The monoisotopic (exact) mass is 348 g/mol. The third-order valence-corrected chi connectivity index (χ3v) is 4.84. The van der Waals surface area contributed by atoms with Gasteiger partial charge < -0.3 is 10.4 Å². The van der Waals surface area contributed by atoms with Crippen LogP contribution in [0.1, 0.15) is 24.0 Å². The van der Waals surface area contributed by atoms with E-state index in [0.29, 0.717) is 18.2 Å². The molecule has 1 saturated heterocycles. The number of piperidine rings is 1. The molecule has 0 aromatic heterocycles. The highest BCUT2D eigenvalue weighted by Gasteiger charge is 2.19. The van der Waals surface area contributed by atoms with Gasteiger partial charge in [0.25, 0.3) is 0 Å². The number of likely N-dealkylation sites (tertiary alicyclic amines) is 1. The second-order valence-electron chi connectivity index (χ2n) is 6.31. The molecule has 128 valence electrons. The summed E-state index contributed by atoms with van der Waals surface area (Å²) in [6.45, 7) is 3.47. The maximum atomic E-state index is 13.8. The number of hydrogen-bond acceptors (Lipinski definition) is 3. The van der Waals surface area contributed by atoms with Gasteiger partial charge in [-0.15, -0.1) is 0 Å². The van der Waals surface area contributed by atoms with Gasteiger partial charge >= 0.3 is 0 Å². The Morgan fingerprint density at radius 3 is 2.58 bits per heavy atom. The smallest absolute Gasteiger partial charge is 0.137 e. The van der Waals surface area contributed by atoms with Crippen molar-refractivity contribution in [1.82, 2.24) is 10.2 Å². The van der Waals surface area contributed by atoms with Gasteiger partial charge in [-0.25, -0.2) is 4.39 Å². The van der Waals surface area contributed by atoms with E-state index < -0.39 is 5.82 Å². The van der Waals surface area contributed by atoms with Gasteiger partial charge in [0.05, 0.1) is 5.02 Å². The van der Waals surface area contributed by atoms with Gasteiger partial charge in [0.15, 0.2) is 0 Å². The molecule has 2 N–H and O–H groups in total. The van der Waals surface area contributed by atoms with E-state index in [9.17, 15) is 9.50 Å². The zero-order valence-corrected chi connectivity index (χ0v) is 14.3. The molecule has 0 spiro atoms. The lowest BCUT2D eigenvalue weighted by Crippen LogP contribution is -2.41. The number of rotatable bonds is 5. The van der Waals surface area contributed by atoms with Gasteiger partial charge in [-0.05, 0) is 37.6 Å². The minimum Gasteiger partial charge on any atom is -0.506 e. The van der Waals surface area contributed by atoms with E-state index in [1.54, 1.807) is 0 Å². The predicted molar refractivity (Wildman–Crippen MR) is 94.7 cm³/mol. The van der Waals surface area contributed by atoms with Crippen LogP contribution >= 0.6 is 11.6 Å². The van der Waals surface area contributed by atoms with Crippen molar-refractivity contribution in [2.75, 3.05) is 13.1 Å². The van der Waals surface area contributed by atoms with E-state index in [-0.39, 0.29) is 10.8 Å². The van der Waals surface area contributed by atoms with E-state index in [2.05, 4.69) is 34.5 Å². The van der Waals surface area contributed by atoms with Crippen molar-refractivity contribution in [2.24, 2.45) is 0 Å². The molecule has 0 atom stereocenters. The first kappa shape index (κ1) is 17.2. The molecule has 3 nitrogen and oxygen atoms in total. The first-order valence-electron chi connectivity index (χ1n) is 8.28. The summed E-state index contributed by atoms with van der Waals surface area (Å²) >= 11 is 5.85. The van der Waals surface area contributed by atoms with E-state index in [4.69, 9.17) is 11.6 Å². The zero-order valence-electron chi connectivity index (χ0n) is 13.5. The number of nitrogens with zero attached hydrogens (tertiary/aromatic N) is 1. The highest BCUT2D eigenvalue weighted by molar-refractivity contribution is 6.32. The van der Waals surface area contributed by atoms with Crippen molar-refractivity contribution < 1.29 is 9.50 Å². The molecular formula is C19H22ClFN2O. The summed E-state index contributed by atoms with van der Waals surface area (Å²) in [5, 5.41) is 13.0. The van der Waals surface area contributed by atoms with Crippen LogP contribution in [0.5, 0.6) is 5.75 Å². The highest BCUT2D eigenvalue weighted by atomic mass is 35.5. The Kier molecular flexibility index (Phi) is 5.72. The number of nitrogens with one attached hydrogen (secondary N) is 1. The SMILES string of the molecule is Oc1cc(F)c(CNC2CCN(Cc3ccccc3)CC2)cc1Cl. The lowest BCUT2D eigenvalue weighted by Gasteiger charge is -2.32. The summed E-state index contributed by atoms with van der Waals surface area (Å²) in [5.41, 5.74) is 1.83. The maximum absolute atomic E-state index is 13.8. The van der Waals surface area contributed by atoms with E-state index in [0.717, 1.165) is 38.5 Å². The Bertz CT molecular complexity index is 673. The topological polar surface area (TPSA) is 35.5 Å². The Hall–Kier alpha value is -1.62. The lowest BCUT2D eigenvalue weighted by atomic mass is 10.0. The zero-order chi connectivity index (χ0) is 16.9. The van der Waals surface area contributed by atoms with Crippen LogP contribution in [0.2, 0.25) is 5.02 Å². The number of phenols is 1. The van der Waals surface area contributed by atoms with Crippen molar-refractivity contribution >= 4 is 11.6 Å². The minimum absolute atomic E-state index is 0.186. The number of aromatic hydroxyl groups is 1. The Morgan fingerprint density at radius 1 is 1.17 bits per heavy atom. The normalized spacial score (nSPS) is 16.4. The van der Waals surface area contributed by atoms with Gasteiger partial charge in [-0.3, -0.25) is 4.90 Å². The number of benzene rings is 2. The van der Waals surface area contributed by atoms with Crippen molar-refractivity contribution in [2.45, 2.75) is 32.0 Å². The first-order chi connectivity index (χ1) is 11.6. The summed E-state index contributed by atoms with van der Waals surface area (Å²) in [6, 6.07) is 13.4. The summed E-state index contributed by atoms with van der Waals surface area (Å²) in [4.78, 5) is 2.45.